The van der Waals surface area contributed by atoms with Crippen molar-refractivity contribution in [2.45, 2.75) is 13.5 Å². The van der Waals surface area contributed by atoms with Crippen molar-refractivity contribution in [1.82, 2.24) is 9.55 Å². The average molecular weight is 174 g/mol. The van der Waals surface area contributed by atoms with E-state index in [4.69, 9.17) is 4.89 Å². The molecule has 1 rings (SSSR count). The Morgan fingerprint density at radius 1 is 1.82 bits per heavy atom. The maximum atomic E-state index is 11.1. The number of hydrogen-bond acceptors (Lipinski definition) is 2. The van der Waals surface area contributed by atoms with E-state index >= 15 is 0 Å². The number of imidazole rings is 1. The van der Waals surface area contributed by atoms with Crippen molar-refractivity contribution in [2.75, 3.05) is 6.66 Å². The molecule has 5 heteroatoms. The molecule has 1 aromatic heterocycles. The van der Waals surface area contributed by atoms with Crippen LogP contribution < -0.4 is 5.57 Å². The van der Waals surface area contributed by atoms with Gasteiger partial charge in [0.15, 0.2) is 5.57 Å². The van der Waals surface area contributed by atoms with Crippen LogP contribution in [-0.4, -0.2) is 21.1 Å². The lowest BCUT2D eigenvalue weighted by atomic mass is 10.7. The normalized spacial score (nSPS) is 16.3. The van der Waals surface area contributed by atoms with Gasteiger partial charge in [0.2, 0.25) is 0 Å². The Balaban J connectivity index is 3.13. The van der Waals surface area contributed by atoms with Gasteiger partial charge in [-0.1, -0.05) is 0 Å². The molecule has 0 aliphatic heterocycles. The molecule has 1 aromatic rings. The molecule has 0 spiro atoms. The van der Waals surface area contributed by atoms with Gasteiger partial charge in [0, 0.05) is 25.6 Å². The SMILES string of the molecule is CCn1ccnc1P(C)(=O)O. The Hall–Kier alpha value is -0.600. The molecular formula is C6H11N2O2P. The van der Waals surface area contributed by atoms with Gasteiger partial charge >= 0.3 is 0 Å². The van der Waals surface area contributed by atoms with Crippen LogP contribution in [-0.2, 0) is 11.1 Å². The summed E-state index contributed by atoms with van der Waals surface area (Å²) in [7, 11) is -3.17. The molecule has 0 aromatic carbocycles. The summed E-state index contributed by atoms with van der Waals surface area (Å²) < 4.78 is 12.8. The fourth-order valence-corrected chi connectivity index (χ4v) is 1.88. The summed E-state index contributed by atoms with van der Waals surface area (Å²) in [6, 6.07) is 0. The van der Waals surface area contributed by atoms with Crippen molar-refractivity contribution in [3.05, 3.63) is 12.4 Å². The lowest BCUT2D eigenvalue weighted by Gasteiger charge is -2.06. The monoisotopic (exact) mass is 174 g/mol. The third kappa shape index (κ3) is 1.70. The van der Waals surface area contributed by atoms with Crippen LogP contribution in [0.3, 0.4) is 0 Å². The number of nitrogens with zero attached hydrogens (tertiary/aromatic N) is 2. The van der Waals surface area contributed by atoms with E-state index < -0.39 is 7.37 Å². The van der Waals surface area contributed by atoms with E-state index in [-0.39, 0.29) is 5.57 Å². The first-order valence-corrected chi connectivity index (χ1v) is 5.48. The van der Waals surface area contributed by atoms with E-state index in [0.717, 1.165) is 0 Å². The van der Waals surface area contributed by atoms with Crippen molar-refractivity contribution in [2.24, 2.45) is 0 Å². The smallest absolute Gasteiger partial charge is 0.261 e. The Labute approximate surface area is 65.3 Å². The molecule has 0 aliphatic carbocycles. The lowest BCUT2D eigenvalue weighted by Crippen LogP contribution is -2.17. The minimum Gasteiger partial charge on any atom is -0.339 e. The van der Waals surface area contributed by atoms with Crippen LogP contribution in [0.25, 0.3) is 0 Å². The van der Waals surface area contributed by atoms with E-state index in [0.29, 0.717) is 6.54 Å². The van der Waals surface area contributed by atoms with Crippen LogP contribution in [0.1, 0.15) is 6.92 Å². The van der Waals surface area contributed by atoms with Gasteiger partial charge in [0.05, 0.1) is 0 Å². The largest absolute Gasteiger partial charge is 0.339 e. The van der Waals surface area contributed by atoms with Gasteiger partial charge in [0.25, 0.3) is 7.37 Å². The van der Waals surface area contributed by atoms with Crippen molar-refractivity contribution in [3.63, 3.8) is 0 Å². The highest BCUT2D eigenvalue weighted by atomic mass is 31.2. The van der Waals surface area contributed by atoms with Gasteiger partial charge in [-0.25, -0.2) is 4.98 Å². The second kappa shape index (κ2) is 2.80. The number of aromatic nitrogens is 2. The maximum Gasteiger partial charge on any atom is 0.261 e. The molecule has 0 fully saturated rings. The molecule has 0 saturated carbocycles. The molecule has 1 heterocycles. The molecule has 0 amide bonds. The van der Waals surface area contributed by atoms with E-state index in [1.807, 2.05) is 6.92 Å². The predicted molar refractivity (Wildman–Crippen MR) is 43.3 cm³/mol. The van der Waals surface area contributed by atoms with Crippen molar-refractivity contribution >= 4 is 12.9 Å². The molecule has 1 N–H and O–H groups in total. The standard InChI is InChI=1S/C6H11N2O2P/c1-3-8-5-4-7-6(8)11(2,9)10/h4-5H,3H2,1-2H3,(H,9,10). The molecule has 0 saturated heterocycles. The van der Waals surface area contributed by atoms with Gasteiger partial charge in [-0.05, 0) is 6.92 Å². The fourth-order valence-electron chi connectivity index (χ4n) is 0.914. The first kappa shape index (κ1) is 8.50. The number of aryl methyl sites for hydroxylation is 1. The first-order chi connectivity index (χ1) is 5.05. The van der Waals surface area contributed by atoms with Crippen molar-refractivity contribution in [3.8, 4) is 0 Å². The Morgan fingerprint density at radius 2 is 2.45 bits per heavy atom. The van der Waals surface area contributed by atoms with E-state index in [2.05, 4.69) is 4.98 Å². The Bertz CT molecular complexity index is 289. The van der Waals surface area contributed by atoms with Gasteiger partial charge in [-0.2, -0.15) is 0 Å². The molecule has 1 atom stereocenters. The molecule has 0 bridgehead atoms. The number of rotatable bonds is 2. The number of hydrogen-bond donors (Lipinski definition) is 1. The summed E-state index contributed by atoms with van der Waals surface area (Å²) in [5, 5.41) is 0. The summed E-state index contributed by atoms with van der Waals surface area (Å²) >= 11 is 0. The van der Waals surface area contributed by atoms with Gasteiger partial charge in [-0.3, -0.25) is 4.57 Å². The second-order valence-corrected chi connectivity index (χ2v) is 4.55. The molecule has 62 valence electrons. The minimum absolute atomic E-state index is 0.278. The fraction of sp³-hybridized carbons (Fsp3) is 0.500. The topological polar surface area (TPSA) is 55.1 Å². The Morgan fingerprint density at radius 3 is 2.82 bits per heavy atom. The van der Waals surface area contributed by atoms with Crippen LogP contribution in [0, 0.1) is 0 Å². The zero-order valence-electron chi connectivity index (χ0n) is 6.56. The summed E-state index contributed by atoms with van der Waals surface area (Å²) in [4.78, 5) is 13.0. The highest BCUT2D eigenvalue weighted by Crippen LogP contribution is 2.32. The molecule has 1 unspecified atom stereocenters. The first-order valence-electron chi connectivity index (χ1n) is 3.37. The second-order valence-electron chi connectivity index (χ2n) is 2.39. The predicted octanol–water partition coefficient (Wildman–Crippen LogP) is 0.428. The molecule has 4 nitrogen and oxygen atoms in total. The van der Waals surface area contributed by atoms with Gasteiger partial charge < -0.3 is 9.46 Å². The van der Waals surface area contributed by atoms with E-state index in [1.165, 1.54) is 12.9 Å². The molecule has 11 heavy (non-hydrogen) atoms. The van der Waals surface area contributed by atoms with Crippen LogP contribution >= 0.6 is 7.37 Å². The quantitative estimate of drug-likeness (QED) is 0.661. The van der Waals surface area contributed by atoms with Crippen LogP contribution in [0.2, 0.25) is 0 Å². The molecule has 0 aliphatic rings. The summed E-state index contributed by atoms with van der Waals surface area (Å²) in [5.74, 6) is 0. The van der Waals surface area contributed by atoms with Gasteiger partial charge in [0.1, 0.15) is 0 Å². The summed E-state index contributed by atoms with van der Waals surface area (Å²) in [6.45, 7) is 3.87. The van der Waals surface area contributed by atoms with Crippen LogP contribution in [0.4, 0.5) is 0 Å². The zero-order valence-corrected chi connectivity index (χ0v) is 7.45. The summed E-state index contributed by atoms with van der Waals surface area (Å²) in [5.41, 5.74) is 0.278. The zero-order chi connectivity index (χ0) is 8.48. The summed E-state index contributed by atoms with van der Waals surface area (Å²) in [6.07, 6.45) is 3.23. The van der Waals surface area contributed by atoms with E-state index in [1.54, 1.807) is 10.8 Å². The highest BCUT2D eigenvalue weighted by Gasteiger charge is 2.18. The Kier molecular flexibility index (Phi) is 2.16. The third-order valence-electron chi connectivity index (χ3n) is 1.41. The third-order valence-corrected chi connectivity index (χ3v) is 2.52. The van der Waals surface area contributed by atoms with Crippen LogP contribution in [0.5, 0.6) is 0 Å². The maximum absolute atomic E-state index is 11.1. The minimum atomic E-state index is -3.17. The van der Waals surface area contributed by atoms with Crippen molar-refractivity contribution < 1.29 is 9.46 Å². The van der Waals surface area contributed by atoms with Crippen LogP contribution in [0.15, 0.2) is 12.4 Å². The highest BCUT2D eigenvalue weighted by molar-refractivity contribution is 7.64. The molecular weight excluding hydrogens is 163 g/mol. The average Bonchev–Trinajstić information content (AvgIpc) is 2.31. The lowest BCUT2D eigenvalue weighted by molar-refractivity contribution is 0.492. The van der Waals surface area contributed by atoms with E-state index in [9.17, 15) is 4.57 Å². The van der Waals surface area contributed by atoms with Crippen molar-refractivity contribution in [1.29, 1.82) is 0 Å². The van der Waals surface area contributed by atoms with Gasteiger partial charge in [-0.15, -0.1) is 0 Å². The molecule has 0 radical (unpaired) electrons.